The molecule has 3 rings (SSSR count). The van der Waals surface area contributed by atoms with Gasteiger partial charge >= 0.3 is 6.09 Å². The van der Waals surface area contributed by atoms with Gasteiger partial charge in [-0.3, -0.25) is 4.79 Å². The Morgan fingerprint density at radius 3 is 2.48 bits per heavy atom. The minimum Gasteiger partial charge on any atom is -0.508 e. The van der Waals surface area contributed by atoms with Crippen molar-refractivity contribution in [3.63, 3.8) is 0 Å². The Kier molecular flexibility index (Phi) is 6.68. The van der Waals surface area contributed by atoms with Crippen molar-refractivity contribution < 1.29 is 19.4 Å². The van der Waals surface area contributed by atoms with Gasteiger partial charge in [0.2, 0.25) is 5.91 Å². The van der Waals surface area contributed by atoms with Gasteiger partial charge in [0.25, 0.3) is 0 Å². The van der Waals surface area contributed by atoms with E-state index in [2.05, 4.69) is 10.6 Å². The molecule has 0 radical (unpaired) electrons. The Labute approximate surface area is 169 Å². The van der Waals surface area contributed by atoms with Crippen LogP contribution in [0.5, 0.6) is 5.75 Å². The van der Waals surface area contributed by atoms with E-state index < -0.39 is 12.1 Å². The number of ether oxygens (including phenoxy) is 1. The molecule has 0 saturated heterocycles. The van der Waals surface area contributed by atoms with Crippen molar-refractivity contribution in [2.45, 2.75) is 19.4 Å². The Hall–Kier alpha value is -3.54. The molecule has 0 unspecified atom stereocenters. The standard InChI is InChI=1S/C23H24N2O4/c1-2-29-23(28)24-15-14-20(27)25-22(17-9-4-3-5-10-17)21-18-11-7-6-8-16(18)12-13-19(21)26/h3-13,22,26H,2,14-15H2,1H3,(H,24,28)(H,25,27)/t22-/m1/s1. The molecule has 0 fully saturated rings. The van der Waals surface area contributed by atoms with E-state index in [1.165, 1.54) is 0 Å². The highest BCUT2D eigenvalue weighted by molar-refractivity contribution is 5.89. The number of rotatable bonds is 7. The zero-order valence-electron chi connectivity index (χ0n) is 16.2. The second kappa shape index (κ2) is 9.59. The summed E-state index contributed by atoms with van der Waals surface area (Å²) in [4.78, 5) is 24.0. The SMILES string of the molecule is CCOC(=O)NCCC(=O)N[C@H](c1ccccc1)c1c(O)ccc2ccccc12. The van der Waals surface area contributed by atoms with Gasteiger partial charge in [-0.15, -0.1) is 0 Å². The lowest BCUT2D eigenvalue weighted by Crippen LogP contribution is -2.33. The van der Waals surface area contributed by atoms with E-state index in [-0.39, 0.29) is 31.2 Å². The van der Waals surface area contributed by atoms with Gasteiger partial charge in [0.15, 0.2) is 0 Å². The maximum atomic E-state index is 12.6. The normalized spacial score (nSPS) is 11.6. The molecule has 0 aliphatic heterocycles. The van der Waals surface area contributed by atoms with Gasteiger partial charge in [-0.2, -0.15) is 0 Å². The average Bonchev–Trinajstić information content (AvgIpc) is 2.73. The summed E-state index contributed by atoms with van der Waals surface area (Å²) in [6.07, 6.45) is -0.458. The van der Waals surface area contributed by atoms with Crippen molar-refractivity contribution in [3.8, 4) is 5.75 Å². The third-order valence-corrected chi connectivity index (χ3v) is 4.57. The first kappa shape index (κ1) is 20.2. The monoisotopic (exact) mass is 392 g/mol. The van der Waals surface area contributed by atoms with Crippen LogP contribution in [0.15, 0.2) is 66.7 Å². The highest BCUT2D eigenvalue weighted by atomic mass is 16.5. The summed E-state index contributed by atoms with van der Waals surface area (Å²) >= 11 is 0. The van der Waals surface area contributed by atoms with E-state index in [0.29, 0.717) is 5.56 Å². The van der Waals surface area contributed by atoms with Crippen LogP contribution in [0.1, 0.15) is 30.5 Å². The molecule has 3 aromatic rings. The molecule has 2 amide bonds. The fourth-order valence-corrected chi connectivity index (χ4v) is 3.25. The van der Waals surface area contributed by atoms with Gasteiger partial charge in [-0.25, -0.2) is 4.79 Å². The van der Waals surface area contributed by atoms with Crippen LogP contribution in [0, 0.1) is 0 Å². The van der Waals surface area contributed by atoms with E-state index in [1.807, 2.05) is 60.7 Å². The summed E-state index contributed by atoms with van der Waals surface area (Å²) in [5.41, 5.74) is 1.49. The maximum absolute atomic E-state index is 12.6. The summed E-state index contributed by atoms with van der Waals surface area (Å²) in [5.74, 6) is -0.134. The smallest absolute Gasteiger partial charge is 0.407 e. The minimum atomic E-state index is -0.549. The number of alkyl carbamates (subject to hydrolysis) is 1. The first-order chi connectivity index (χ1) is 14.1. The highest BCUT2D eigenvalue weighted by Crippen LogP contribution is 2.35. The molecule has 150 valence electrons. The summed E-state index contributed by atoms with van der Waals surface area (Å²) in [7, 11) is 0. The number of hydrogen-bond donors (Lipinski definition) is 3. The van der Waals surface area contributed by atoms with E-state index >= 15 is 0 Å². The van der Waals surface area contributed by atoms with Crippen LogP contribution < -0.4 is 10.6 Å². The highest BCUT2D eigenvalue weighted by Gasteiger charge is 2.22. The first-order valence-electron chi connectivity index (χ1n) is 9.55. The summed E-state index contributed by atoms with van der Waals surface area (Å²) < 4.78 is 4.79. The predicted octanol–water partition coefficient (Wildman–Crippen LogP) is 3.89. The second-order valence-electron chi connectivity index (χ2n) is 6.53. The predicted molar refractivity (Wildman–Crippen MR) is 112 cm³/mol. The summed E-state index contributed by atoms with van der Waals surface area (Å²) in [6, 6.07) is 20.2. The van der Waals surface area contributed by atoms with Crippen LogP contribution in [0.3, 0.4) is 0 Å². The number of hydrogen-bond acceptors (Lipinski definition) is 4. The molecule has 6 heteroatoms. The van der Waals surface area contributed by atoms with Crippen molar-refractivity contribution in [1.29, 1.82) is 0 Å². The fourth-order valence-electron chi connectivity index (χ4n) is 3.25. The average molecular weight is 392 g/mol. The first-order valence-corrected chi connectivity index (χ1v) is 9.55. The number of fused-ring (bicyclic) bond motifs is 1. The van der Waals surface area contributed by atoms with Crippen molar-refractivity contribution in [2.24, 2.45) is 0 Å². The maximum Gasteiger partial charge on any atom is 0.407 e. The second-order valence-corrected chi connectivity index (χ2v) is 6.53. The lowest BCUT2D eigenvalue weighted by atomic mass is 9.92. The van der Waals surface area contributed by atoms with Crippen molar-refractivity contribution in [2.75, 3.05) is 13.2 Å². The molecule has 1 atom stereocenters. The number of carbonyl (C=O) groups is 2. The number of amides is 2. The van der Waals surface area contributed by atoms with E-state index in [9.17, 15) is 14.7 Å². The van der Waals surface area contributed by atoms with Crippen LogP contribution in [0.25, 0.3) is 10.8 Å². The molecule has 0 bridgehead atoms. The Bertz CT molecular complexity index is 989. The number of benzene rings is 3. The van der Waals surface area contributed by atoms with Crippen LogP contribution in [0.2, 0.25) is 0 Å². The van der Waals surface area contributed by atoms with Gasteiger partial charge in [-0.05, 0) is 29.3 Å². The summed E-state index contributed by atoms with van der Waals surface area (Å²) in [6.45, 7) is 2.15. The number of phenols is 1. The van der Waals surface area contributed by atoms with Gasteiger partial charge in [-0.1, -0.05) is 60.7 Å². The third-order valence-electron chi connectivity index (χ3n) is 4.57. The Morgan fingerprint density at radius 1 is 1.00 bits per heavy atom. The quantitative estimate of drug-likeness (QED) is 0.569. The molecule has 0 aliphatic rings. The molecule has 0 aromatic heterocycles. The lowest BCUT2D eigenvalue weighted by Gasteiger charge is -2.22. The number of carbonyl (C=O) groups excluding carboxylic acids is 2. The molecular formula is C23H24N2O4. The van der Waals surface area contributed by atoms with Crippen LogP contribution in [0.4, 0.5) is 4.79 Å². The molecule has 29 heavy (non-hydrogen) atoms. The van der Waals surface area contributed by atoms with Gasteiger partial charge in [0, 0.05) is 18.5 Å². The molecule has 0 spiro atoms. The Balaban J connectivity index is 1.87. The molecular weight excluding hydrogens is 368 g/mol. The number of phenolic OH excluding ortho intramolecular Hbond substituents is 1. The van der Waals surface area contributed by atoms with Crippen LogP contribution in [-0.4, -0.2) is 30.3 Å². The van der Waals surface area contributed by atoms with Gasteiger partial charge < -0.3 is 20.5 Å². The molecule has 3 aromatic carbocycles. The molecule has 0 heterocycles. The molecule has 0 aliphatic carbocycles. The van der Waals surface area contributed by atoms with E-state index in [4.69, 9.17) is 4.74 Å². The third kappa shape index (κ3) is 5.04. The zero-order valence-corrected chi connectivity index (χ0v) is 16.2. The Morgan fingerprint density at radius 2 is 1.72 bits per heavy atom. The molecule has 3 N–H and O–H groups in total. The van der Waals surface area contributed by atoms with Crippen molar-refractivity contribution in [1.82, 2.24) is 10.6 Å². The van der Waals surface area contributed by atoms with Gasteiger partial charge in [0.05, 0.1) is 12.6 Å². The minimum absolute atomic E-state index is 0.0909. The zero-order chi connectivity index (χ0) is 20.6. The summed E-state index contributed by atoms with van der Waals surface area (Å²) in [5, 5.41) is 18.0. The number of nitrogens with one attached hydrogen (secondary N) is 2. The fraction of sp³-hybridized carbons (Fsp3) is 0.217. The van der Waals surface area contributed by atoms with Crippen LogP contribution >= 0.6 is 0 Å². The largest absolute Gasteiger partial charge is 0.508 e. The topological polar surface area (TPSA) is 87.7 Å². The molecule has 0 saturated carbocycles. The van der Waals surface area contributed by atoms with Crippen molar-refractivity contribution >= 4 is 22.8 Å². The van der Waals surface area contributed by atoms with E-state index in [0.717, 1.165) is 16.3 Å². The van der Waals surface area contributed by atoms with Crippen LogP contribution in [-0.2, 0) is 9.53 Å². The lowest BCUT2D eigenvalue weighted by molar-refractivity contribution is -0.121. The number of aromatic hydroxyl groups is 1. The van der Waals surface area contributed by atoms with Gasteiger partial charge in [0.1, 0.15) is 5.75 Å². The van der Waals surface area contributed by atoms with E-state index in [1.54, 1.807) is 13.0 Å². The molecule has 6 nitrogen and oxygen atoms in total. The van der Waals surface area contributed by atoms with Crippen molar-refractivity contribution in [3.05, 3.63) is 77.9 Å².